The van der Waals surface area contributed by atoms with E-state index in [1.54, 1.807) is 6.07 Å². The van der Waals surface area contributed by atoms with Crippen LogP contribution in [0.2, 0.25) is 0 Å². The molecule has 1 aliphatic rings. The molecule has 1 fully saturated rings. The standard InChI is InChI=1S/C14H20N4O3/c1-14(2)9-17(7-6-16-14)12-8-10(13(19)15-3)4-5-11(12)18(20)21/h4-5,8,16H,6-7,9H2,1-3H3,(H,15,19). The van der Waals surface area contributed by atoms with E-state index in [9.17, 15) is 14.9 Å². The molecular formula is C14H20N4O3. The maximum Gasteiger partial charge on any atom is 0.292 e. The number of amides is 1. The molecule has 21 heavy (non-hydrogen) atoms. The lowest BCUT2D eigenvalue weighted by Gasteiger charge is -2.40. The second-order valence-electron chi connectivity index (χ2n) is 5.77. The molecule has 0 aliphatic carbocycles. The van der Waals surface area contributed by atoms with Gasteiger partial charge in [0.15, 0.2) is 0 Å². The van der Waals surface area contributed by atoms with Crippen molar-refractivity contribution in [3.63, 3.8) is 0 Å². The van der Waals surface area contributed by atoms with E-state index in [2.05, 4.69) is 10.6 Å². The van der Waals surface area contributed by atoms with Gasteiger partial charge in [0, 0.05) is 43.9 Å². The smallest absolute Gasteiger partial charge is 0.292 e. The van der Waals surface area contributed by atoms with Crippen LogP contribution in [0, 0.1) is 10.1 Å². The van der Waals surface area contributed by atoms with Crippen molar-refractivity contribution in [3.8, 4) is 0 Å². The molecule has 1 heterocycles. The Morgan fingerprint density at radius 2 is 2.19 bits per heavy atom. The van der Waals surface area contributed by atoms with Crippen molar-refractivity contribution in [2.45, 2.75) is 19.4 Å². The first-order valence-corrected chi connectivity index (χ1v) is 6.84. The summed E-state index contributed by atoms with van der Waals surface area (Å²) in [4.78, 5) is 24.5. The Hall–Kier alpha value is -2.15. The number of nitrogens with one attached hydrogen (secondary N) is 2. The van der Waals surface area contributed by atoms with Crippen LogP contribution in [0.3, 0.4) is 0 Å². The molecule has 0 radical (unpaired) electrons. The zero-order chi connectivity index (χ0) is 15.6. The summed E-state index contributed by atoms with van der Waals surface area (Å²) < 4.78 is 0. The van der Waals surface area contributed by atoms with E-state index in [-0.39, 0.29) is 17.1 Å². The van der Waals surface area contributed by atoms with E-state index in [1.807, 2.05) is 18.7 Å². The lowest BCUT2D eigenvalue weighted by molar-refractivity contribution is -0.384. The first kappa shape index (κ1) is 15.2. The third-order valence-electron chi connectivity index (χ3n) is 3.57. The summed E-state index contributed by atoms with van der Waals surface area (Å²) in [6, 6.07) is 4.47. The van der Waals surface area contributed by atoms with E-state index >= 15 is 0 Å². The molecule has 0 spiro atoms. The van der Waals surface area contributed by atoms with Gasteiger partial charge in [0.2, 0.25) is 0 Å². The van der Waals surface area contributed by atoms with Crippen molar-refractivity contribution in [1.29, 1.82) is 0 Å². The average Bonchev–Trinajstić information content (AvgIpc) is 2.44. The zero-order valence-electron chi connectivity index (χ0n) is 12.5. The molecule has 7 nitrogen and oxygen atoms in total. The summed E-state index contributed by atoms with van der Waals surface area (Å²) >= 11 is 0. The highest BCUT2D eigenvalue weighted by molar-refractivity contribution is 5.95. The molecule has 1 aliphatic heterocycles. The molecule has 0 unspecified atom stereocenters. The van der Waals surface area contributed by atoms with Crippen molar-refractivity contribution in [2.24, 2.45) is 0 Å². The number of hydrogen-bond donors (Lipinski definition) is 2. The monoisotopic (exact) mass is 292 g/mol. The quantitative estimate of drug-likeness (QED) is 0.644. The molecule has 0 saturated carbocycles. The third-order valence-corrected chi connectivity index (χ3v) is 3.57. The third kappa shape index (κ3) is 3.30. The second kappa shape index (κ2) is 5.69. The van der Waals surface area contributed by atoms with Crippen LogP contribution in [-0.2, 0) is 0 Å². The first-order chi connectivity index (χ1) is 9.84. The molecular weight excluding hydrogens is 272 g/mol. The van der Waals surface area contributed by atoms with E-state index in [0.717, 1.165) is 6.54 Å². The molecule has 0 bridgehead atoms. The van der Waals surface area contributed by atoms with Gasteiger partial charge in [0.25, 0.3) is 11.6 Å². The van der Waals surface area contributed by atoms with E-state index in [4.69, 9.17) is 0 Å². The summed E-state index contributed by atoms with van der Waals surface area (Å²) in [5.74, 6) is -0.249. The second-order valence-corrected chi connectivity index (χ2v) is 5.77. The van der Waals surface area contributed by atoms with Crippen LogP contribution >= 0.6 is 0 Å². The molecule has 7 heteroatoms. The Morgan fingerprint density at radius 1 is 1.48 bits per heavy atom. The summed E-state index contributed by atoms with van der Waals surface area (Å²) in [6.07, 6.45) is 0. The zero-order valence-corrected chi connectivity index (χ0v) is 12.5. The molecule has 2 N–H and O–H groups in total. The van der Waals surface area contributed by atoms with Crippen LogP contribution in [-0.4, -0.2) is 43.1 Å². The molecule has 0 atom stereocenters. The number of hydrogen-bond acceptors (Lipinski definition) is 5. The van der Waals surface area contributed by atoms with Crippen LogP contribution in [0.25, 0.3) is 0 Å². The van der Waals surface area contributed by atoms with Gasteiger partial charge >= 0.3 is 0 Å². The fraction of sp³-hybridized carbons (Fsp3) is 0.500. The van der Waals surface area contributed by atoms with Crippen LogP contribution < -0.4 is 15.5 Å². The van der Waals surface area contributed by atoms with Gasteiger partial charge in [0.1, 0.15) is 5.69 Å². The Balaban J connectivity index is 2.43. The van der Waals surface area contributed by atoms with Gasteiger partial charge in [-0.25, -0.2) is 0 Å². The molecule has 114 valence electrons. The SMILES string of the molecule is CNC(=O)c1ccc([N+](=O)[O-])c(N2CCNC(C)(C)C2)c1. The molecule has 2 rings (SSSR count). The molecule has 1 saturated heterocycles. The number of anilines is 1. The van der Waals surface area contributed by atoms with Gasteiger partial charge < -0.3 is 15.5 Å². The fourth-order valence-corrected chi connectivity index (χ4v) is 2.56. The lowest BCUT2D eigenvalue weighted by atomic mass is 10.0. The Kier molecular flexibility index (Phi) is 4.13. The maximum absolute atomic E-state index is 11.7. The number of piperazine rings is 1. The Bertz CT molecular complexity index is 571. The first-order valence-electron chi connectivity index (χ1n) is 6.84. The number of nitrogens with zero attached hydrogens (tertiary/aromatic N) is 2. The Morgan fingerprint density at radius 3 is 2.76 bits per heavy atom. The van der Waals surface area contributed by atoms with E-state index < -0.39 is 4.92 Å². The van der Waals surface area contributed by atoms with E-state index in [1.165, 1.54) is 19.2 Å². The molecule has 0 aromatic heterocycles. The highest BCUT2D eigenvalue weighted by Crippen LogP contribution is 2.31. The van der Waals surface area contributed by atoms with Crippen LogP contribution in [0.4, 0.5) is 11.4 Å². The molecule has 1 amide bonds. The van der Waals surface area contributed by atoms with E-state index in [0.29, 0.717) is 24.3 Å². The van der Waals surface area contributed by atoms with Crippen molar-refractivity contribution >= 4 is 17.3 Å². The minimum Gasteiger partial charge on any atom is -0.363 e. The number of benzene rings is 1. The van der Waals surface area contributed by atoms with Crippen LogP contribution in [0.15, 0.2) is 18.2 Å². The maximum atomic E-state index is 11.7. The van der Waals surface area contributed by atoms with Gasteiger partial charge in [-0.3, -0.25) is 14.9 Å². The summed E-state index contributed by atoms with van der Waals surface area (Å²) in [7, 11) is 1.54. The molecule has 1 aromatic carbocycles. The van der Waals surface area contributed by atoms with Gasteiger partial charge in [-0.15, -0.1) is 0 Å². The number of nitro benzene ring substituents is 1. The predicted octanol–water partition coefficient (Wildman–Crippen LogP) is 1.14. The topological polar surface area (TPSA) is 87.5 Å². The lowest BCUT2D eigenvalue weighted by Crippen LogP contribution is -2.57. The highest BCUT2D eigenvalue weighted by atomic mass is 16.6. The van der Waals surface area contributed by atoms with Gasteiger partial charge in [-0.05, 0) is 26.0 Å². The highest BCUT2D eigenvalue weighted by Gasteiger charge is 2.30. The molecule has 1 aromatic rings. The summed E-state index contributed by atoms with van der Waals surface area (Å²) in [5, 5.41) is 17.1. The average molecular weight is 292 g/mol. The number of nitro groups is 1. The van der Waals surface area contributed by atoms with Gasteiger partial charge in [0.05, 0.1) is 4.92 Å². The normalized spacial score (nSPS) is 17.4. The fourth-order valence-electron chi connectivity index (χ4n) is 2.56. The Labute approximate surface area is 123 Å². The van der Waals surface area contributed by atoms with Crippen molar-refractivity contribution in [2.75, 3.05) is 31.6 Å². The van der Waals surface area contributed by atoms with Gasteiger partial charge in [-0.1, -0.05) is 0 Å². The number of carbonyl (C=O) groups excluding carboxylic acids is 1. The minimum absolute atomic E-state index is 0.0281. The van der Waals surface area contributed by atoms with Crippen LogP contribution in [0.5, 0.6) is 0 Å². The summed E-state index contributed by atoms with van der Waals surface area (Å²) in [5.41, 5.74) is 0.820. The predicted molar refractivity (Wildman–Crippen MR) is 80.8 cm³/mol. The van der Waals surface area contributed by atoms with Crippen molar-refractivity contribution in [1.82, 2.24) is 10.6 Å². The number of carbonyl (C=O) groups is 1. The van der Waals surface area contributed by atoms with Crippen LogP contribution in [0.1, 0.15) is 24.2 Å². The largest absolute Gasteiger partial charge is 0.363 e. The van der Waals surface area contributed by atoms with Crippen molar-refractivity contribution < 1.29 is 9.72 Å². The summed E-state index contributed by atoms with van der Waals surface area (Å²) in [6.45, 7) is 6.15. The number of rotatable bonds is 3. The van der Waals surface area contributed by atoms with Gasteiger partial charge in [-0.2, -0.15) is 0 Å². The minimum atomic E-state index is -0.405. The van der Waals surface area contributed by atoms with Crippen molar-refractivity contribution in [3.05, 3.63) is 33.9 Å².